The smallest absolute Gasteiger partial charge is 0.226 e. The summed E-state index contributed by atoms with van der Waals surface area (Å²) < 4.78 is 0. The molecule has 0 heterocycles. The molecule has 4 rings (SSSR count). The van der Waals surface area contributed by atoms with E-state index in [1.165, 1.54) is 19.3 Å². The molecule has 20 heavy (non-hydrogen) atoms. The van der Waals surface area contributed by atoms with Crippen LogP contribution in [0, 0.1) is 29.1 Å². The van der Waals surface area contributed by atoms with Crippen molar-refractivity contribution in [2.75, 3.05) is 6.54 Å². The highest BCUT2D eigenvalue weighted by molar-refractivity contribution is 5.83. The van der Waals surface area contributed by atoms with Crippen LogP contribution in [0.25, 0.3) is 0 Å². The Kier molecular flexibility index (Phi) is 3.83. The molecule has 0 radical (unpaired) electrons. The topological polar surface area (TPSA) is 49.3 Å². The number of aliphatic hydroxyl groups excluding tert-OH is 1. The summed E-state index contributed by atoms with van der Waals surface area (Å²) in [6.45, 7) is 4.63. The summed E-state index contributed by atoms with van der Waals surface area (Å²) in [5.41, 5.74) is -0.0285. The van der Waals surface area contributed by atoms with Gasteiger partial charge in [0.25, 0.3) is 0 Å². The summed E-state index contributed by atoms with van der Waals surface area (Å²) in [6, 6.07) is 0. The Balaban J connectivity index is 1.57. The van der Waals surface area contributed by atoms with Crippen LogP contribution in [0.1, 0.15) is 58.8 Å². The van der Waals surface area contributed by atoms with Crippen molar-refractivity contribution in [3.05, 3.63) is 0 Å². The van der Waals surface area contributed by atoms with Crippen LogP contribution >= 0.6 is 0 Å². The van der Waals surface area contributed by atoms with Gasteiger partial charge in [-0.25, -0.2) is 0 Å². The first-order valence-electron chi connectivity index (χ1n) is 8.43. The lowest BCUT2D eigenvalue weighted by atomic mass is 9.49. The van der Waals surface area contributed by atoms with Crippen LogP contribution in [0.5, 0.6) is 0 Å². The molecule has 4 saturated carbocycles. The Labute approximate surface area is 122 Å². The minimum Gasteiger partial charge on any atom is -0.393 e. The number of amides is 1. The van der Waals surface area contributed by atoms with Gasteiger partial charge in [0.2, 0.25) is 5.91 Å². The maximum Gasteiger partial charge on any atom is 0.226 e. The predicted molar refractivity (Wildman–Crippen MR) is 79.1 cm³/mol. The van der Waals surface area contributed by atoms with Gasteiger partial charge in [-0.1, -0.05) is 6.92 Å². The number of hydrogen-bond acceptors (Lipinski definition) is 2. The molecule has 3 heteroatoms. The Hall–Kier alpha value is -0.570. The van der Waals surface area contributed by atoms with Crippen LogP contribution in [0.15, 0.2) is 0 Å². The number of aliphatic hydroxyl groups is 1. The minimum absolute atomic E-state index is 0.0285. The van der Waals surface area contributed by atoms with E-state index in [-0.39, 0.29) is 11.5 Å². The normalized spacial score (nSPS) is 41.5. The van der Waals surface area contributed by atoms with E-state index < -0.39 is 0 Å². The molecule has 4 bridgehead atoms. The molecule has 0 spiro atoms. The second-order valence-electron chi connectivity index (χ2n) is 8.10. The highest BCUT2D eigenvalue weighted by Crippen LogP contribution is 2.60. The zero-order chi connectivity index (χ0) is 14.3. The molecular formula is C17H29NO2. The molecule has 4 aliphatic carbocycles. The number of carbonyl (C=O) groups is 1. The quantitative estimate of drug-likeness (QED) is 0.813. The summed E-state index contributed by atoms with van der Waals surface area (Å²) in [4.78, 5) is 12.7. The van der Waals surface area contributed by atoms with Gasteiger partial charge < -0.3 is 10.4 Å². The van der Waals surface area contributed by atoms with E-state index in [1.807, 2.05) is 6.92 Å². The third-order valence-electron chi connectivity index (χ3n) is 5.87. The molecule has 0 saturated heterocycles. The maximum atomic E-state index is 12.7. The molecule has 114 valence electrons. The second-order valence-corrected chi connectivity index (χ2v) is 8.10. The van der Waals surface area contributed by atoms with E-state index in [9.17, 15) is 9.90 Å². The van der Waals surface area contributed by atoms with Crippen molar-refractivity contribution < 1.29 is 9.90 Å². The molecule has 0 unspecified atom stereocenters. The van der Waals surface area contributed by atoms with Gasteiger partial charge >= 0.3 is 0 Å². The average Bonchev–Trinajstić information content (AvgIpc) is 2.33. The van der Waals surface area contributed by atoms with E-state index >= 15 is 0 Å². The van der Waals surface area contributed by atoms with Crippen LogP contribution in [-0.4, -0.2) is 23.7 Å². The summed E-state index contributed by atoms with van der Waals surface area (Å²) in [5, 5.41) is 12.6. The van der Waals surface area contributed by atoms with Crippen LogP contribution in [0.2, 0.25) is 0 Å². The van der Waals surface area contributed by atoms with Crippen LogP contribution in [0.4, 0.5) is 0 Å². The fourth-order valence-corrected chi connectivity index (χ4v) is 5.51. The lowest BCUT2D eigenvalue weighted by molar-refractivity contribution is -0.146. The van der Waals surface area contributed by atoms with E-state index in [0.717, 1.165) is 43.4 Å². The molecule has 3 nitrogen and oxygen atoms in total. The van der Waals surface area contributed by atoms with E-state index in [1.54, 1.807) is 0 Å². The lowest BCUT2D eigenvalue weighted by Crippen LogP contribution is -2.54. The summed E-state index contributed by atoms with van der Waals surface area (Å²) >= 11 is 0. The molecule has 0 aromatic heterocycles. The number of nitrogens with one attached hydrogen (secondary N) is 1. The van der Waals surface area contributed by atoms with Crippen molar-refractivity contribution in [3.8, 4) is 0 Å². The van der Waals surface area contributed by atoms with Gasteiger partial charge in [-0.15, -0.1) is 0 Å². The Morgan fingerprint density at radius 3 is 2.10 bits per heavy atom. The molecule has 2 atom stereocenters. The Bertz CT molecular complexity index is 342. The third-order valence-corrected chi connectivity index (χ3v) is 5.87. The Morgan fingerprint density at radius 1 is 1.15 bits per heavy atom. The molecule has 0 aromatic rings. The van der Waals surface area contributed by atoms with E-state index in [4.69, 9.17) is 0 Å². The third kappa shape index (κ3) is 2.74. The monoisotopic (exact) mass is 279 g/mol. The maximum absolute atomic E-state index is 12.7. The molecule has 4 aliphatic rings. The number of rotatable bonds is 5. The van der Waals surface area contributed by atoms with Gasteiger partial charge in [-0.05, 0) is 75.5 Å². The van der Waals surface area contributed by atoms with Crippen molar-refractivity contribution in [2.24, 2.45) is 29.1 Å². The molecular weight excluding hydrogens is 250 g/mol. The highest BCUT2D eigenvalue weighted by Gasteiger charge is 2.54. The zero-order valence-electron chi connectivity index (χ0n) is 12.9. The predicted octanol–water partition coefficient (Wildman–Crippen LogP) is 2.73. The minimum atomic E-state index is -0.276. The van der Waals surface area contributed by atoms with Gasteiger partial charge in [-0.3, -0.25) is 4.79 Å². The average molecular weight is 279 g/mol. The largest absolute Gasteiger partial charge is 0.393 e. The van der Waals surface area contributed by atoms with E-state index in [0.29, 0.717) is 18.4 Å². The fourth-order valence-electron chi connectivity index (χ4n) is 5.51. The van der Waals surface area contributed by atoms with Crippen LogP contribution in [-0.2, 0) is 4.79 Å². The van der Waals surface area contributed by atoms with Crippen LogP contribution < -0.4 is 5.32 Å². The van der Waals surface area contributed by atoms with Gasteiger partial charge in [0.15, 0.2) is 0 Å². The van der Waals surface area contributed by atoms with Crippen molar-refractivity contribution in [2.45, 2.75) is 64.9 Å². The molecule has 1 amide bonds. The van der Waals surface area contributed by atoms with Crippen molar-refractivity contribution in [3.63, 3.8) is 0 Å². The van der Waals surface area contributed by atoms with Crippen molar-refractivity contribution in [1.82, 2.24) is 5.32 Å². The van der Waals surface area contributed by atoms with Crippen LogP contribution in [0.3, 0.4) is 0 Å². The van der Waals surface area contributed by atoms with Gasteiger partial charge in [0.05, 0.1) is 6.10 Å². The van der Waals surface area contributed by atoms with Crippen molar-refractivity contribution >= 4 is 5.91 Å². The standard InChI is InChI=1S/C17H29NO2/c1-11(3-12(2)19)10-18-16(20)17-7-13-4-14(8-17)6-15(5-13)9-17/h11-15,19H,3-10H2,1-2H3,(H,18,20)/t11-,12+,13?,14?,15?,17?/m1/s1. The van der Waals surface area contributed by atoms with E-state index in [2.05, 4.69) is 12.2 Å². The summed E-state index contributed by atoms with van der Waals surface area (Å²) in [6.07, 6.45) is 8.03. The van der Waals surface area contributed by atoms with Gasteiger partial charge in [0, 0.05) is 12.0 Å². The van der Waals surface area contributed by atoms with Gasteiger partial charge in [-0.2, -0.15) is 0 Å². The molecule has 2 N–H and O–H groups in total. The zero-order valence-corrected chi connectivity index (χ0v) is 12.9. The number of hydrogen-bond donors (Lipinski definition) is 2. The molecule has 4 fully saturated rings. The summed E-state index contributed by atoms with van der Waals surface area (Å²) in [5.74, 6) is 3.13. The molecule has 0 aliphatic heterocycles. The fraction of sp³-hybridized carbons (Fsp3) is 0.941. The first kappa shape index (κ1) is 14.4. The van der Waals surface area contributed by atoms with Crippen molar-refractivity contribution in [1.29, 1.82) is 0 Å². The lowest BCUT2D eigenvalue weighted by Gasteiger charge is -2.55. The first-order valence-corrected chi connectivity index (χ1v) is 8.43. The highest BCUT2D eigenvalue weighted by atomic mass is 16.3. The summed E-state index contributed by atoms with van der Waals surface area (Å²) in [7, 11) is 0. The van der Waals surface area contributed by atoms with Gasteiger partial charge in [0.1, 0.15) is 0 Å². The first-order chi connectivity index (χ1) is 9.47. The second kappa shape index (κ2) is 5.32. The molecule has 0 aromatic carbocycles. The number of carbonyl (C=O) groups excluding carboxylic acids is 1. The SMILES string of the molecule is C[C@@H](CNC(=O)C12CC3CC(CC(C3)C1)C2)C[C@H](C)O. The Morgan fingerprint density at radius 2 is 1.65 bits per heavy atom.